The van der Waals surface area contributed by atoms with E-state index in [0.29, 0.717) is 24.9 Å². The van der Waals surface area contributed by atoms with Crippen LogP contribution >= 0.6 is 0 Å². The molecule has 9 heteroatoms. The van der Waals surface area contributed by atoms with E-state index < -0.39 is 28.5 Å². The normalized spacial score (nSPS) is 17.3. The number of carbonyl (C=O) groups is 2. The number of rotatable bonds is 6. The zero-order valence-electron chi connectivity index (χ0n) is 15.1. The molecule has 2 aromatic rings. The molecule has 0 aliphatic carbocycles. The van der Waals surface area contributed by atoms with Gasteiger partial charge in [0.25, 0.3) is 0 Å². The number of carbonyl (C=O) groups excluding carboxylic acids is 2. The summed E-state index contributed by atoms with van der Waals surface area (Å²) in [6, 6.07) is 8.21. The standard InChI is InChI=1S/C18H21N3O5S/c1-12-18(13(2)26-20-12)27(24,25)19-11-16(22)21-10-6-9-15(21)17(23)14-7-4-3-5-8-14/h3-5,7-8,15,19H,6,9-11H2,1-2H3. The zero-order chi connectivity index (χ0) is 19.6. The Hall–Kier alpha value is -2.52. The van der Waals surface area contributed by atoms with Crippen LogP contribution in [-0.2, 0) is 14.8 Å². The highest BCUT2D eigenvalue weighted by molar-refractivity contribution is 7.89. The predicted molar refractivity (Wildman–Crippen MR) is 96.7 cm³/mol. The summed E-state index contributed by atoms with van der Waals surface area (Å²) < 4.78 is 32.1. The smallest absolute Gasteiger partial charge is 0.246 e. The molecule has 144 valence electrons. The number of nitrogens with one attached hydrogen (secondary N) is 1. The summed E-state index contributed by atoms with van der Waals surface area (Å²) in [6.45, 7) is 3.01. The van der Waals surface area contributed by atoms with Crippen molar-refractivity contribution in [2.24, 2.45) is 0 Å². The van der Waals surface area contributed by atoms with E-state index >= 15 is 0 Å². The Morgan fingerprint density at radius 1 is 1.26 bits per heavy atom. The molecule has 1 aliphatic heterocycles. The lowest BCUT2D eigenvalue weighted by Crippen LogP contribution is -2.45. The molecule has 1 aromatic heterocycles. The number of amides is 1. The second-order valence-corrected chi connectivity index (χ2v) is 8.16. The van der Waals surface area contributed by atoms with E-state index in [4.69, 9.17) is 4.52 Å². The fourth-order valence-corrected chi connectivity index (χ4v) is 4.62. The maximum Gasteiger partial charge on any atom is 0.246 e. The Balaban J connectivity index is 1.69. The molecule has 1 unspecified atom stereocenters. The van der Waals surface area contributed by atoms with E-state index in [1.54, 1.807) is 24.3 Å². The first-order valence-electron chi connectivity index (χ1n) is 8.62. The summed E-state index contributed by atoms with van der Waals surface area (Å²) in [5, 5.41) is 3.62. The van der Waals surface area contributed by atoms with Crippen molar-refractivity contribution in [3.05, 3.63) is 47.3 Å². The van der Waals surface area contributed by atoms with Gasteiger partial charge in [-0.2, -0.15) is 0 Å². The van der Waals surface area contributed by atoms with Crippen LogP contribution in [0.5, 0.6) is 0 Å². The maximum atomic E-state index is 12.7. The van der Waals surface area contributed by atoms with Gasteiger partial charge in [0, 0.05) is 12.1 Å². The molecule has 27 heavy (non-hydrogen) atoms. The van der Waals surface area contributed by atoms with E-state index in [1.807, 2.05) is 6.07 Å². The van der Waals surface area contributed by atoms with Crippen molar-refractivity contribution in [2.75, 3.05) is 13.1 Å². The molecule has 1 saturated heterocycles. The summed E-state index contributed by atoms with van der Waals surface area (Å²) >= 11 is 0. The van der Waals surface area contributed by atoms with Gasteiger partial charge in [0.15, 0.2) is 11.5 Å². The van der Waals surface area contributed by atoms with E-state index in [1.165, 1.54) is 18.7 Å². The van der Waals surface area contributed by atoms with Crippen molar-refractivity contribution in [1.29, 1.82) is 0 Å². The van der Waals surface area contributed by atoms with Gasteiger partial charge < -0.3 is 9.42 Å². The van der Waals surface area contributed by atoms with Crippen LogP contribution < -0.4 is 4.72 Å². The minimum atomic E-state index is -3.93. The van der Waals surface area contributed by atoms with Gasteiger partial charge in [-0.3, -0.25) is 9.59 Å². The monoisotopic (exact) mass is 391 g/mol. The highest BCUT2D eigenvalue weighted by Gasteiger charge is 2.35. The van der Waals surface area contributed by atoms with E-state index in [9.17, 15) is 18.0 Å². The fourth-order valence-electron chi connectivity index (χ4n) is 3.32. The first kappa shape index (κ1) is 19.2. The molecule has 1 fully saturated rings. The molecule has 1 atom stereocenters. The van der Waals surface area contributed by atoms with Crippen LogP contribution in [-0.4, -0.2) is 49.3 Å². The summed E-state index contributed by atoms with van der Waals surface area (Å²) in [5.41, 5.74) is 0.768. The van der Waals surface area contributed by atoms with Crippen molar-refractivity contribution in [2.45, 2.75) is 37.6 Å². The van der Waals surface area contributed by atoms with Crippen molar-refractivity contribution in [3.63, 3.8) is 0 Å². The fraction of sp³-hybridized carbons (Fsp3) is 0.389. The van der Waals surface area contributed by atoms with Crippen LogP contribution in [0.25, 0.3) is 0 Å². The molecule has 3 rings (SSSR count). The number of sulfonamides is 1. The SMILES string of the molecule is Cc1noc(C)c1S(=O)(=O)NCC(=O)N1CCCC1C(=O)c1ccccc1. The first-order chi connectivity index (χ1) is 12.8. The van der Waals surface area contributed by atoms with Gasteiger partial charge in [0.2, 0.25) is 15.9 Å². The molecule has 1 aliphatic rings. The maximum absolute atomic E-state index is 12.7. The number of hydrogen-bond acceptors (Lipinski definition) is 6. The lowest BCUT2D eigenvalue weighted by atomic mass is 10.0. The van der Waals surface area contributed by atoms with Crippen LogP contribution in [0, 0.1) is 13.8 Å². The molecular weight excluding hydrogens is 370 g/mol. The number of aromatic nitrogens is 1. The average Bonchev–Trinajstić information content (AvgIpc) is 3.27. The molecule has 1 amide bonds. The van der Waals surface area contributed by atoms with E-state index in [2.05, 4.69) is 9.88 Å². The Bertz CT molecular complexity index is 933. The minimum absolute atomic E-state index is 0.0615. The van der Waals surface area contributed by atoms with Crippen molar-refractivity contribution >= 4 is 21.7 Å². The quantitative estimate of drug-likeness (QED) is 0.746. The average molecular weight is 391 g/mol. The van der Waals surface area contributed by atoms with Crippen LogP contribution in [0.2, 0.25) is 0 Å². The number of hydrogen-bond donors (Lipinski definition) is 1. The number of Topliss-reactive ketones (excluding diaryl/α,β-unsaturated/α-hetero) is 1. The molecule has 2 heterocycles. The first-order valence-corrected chi connectivity index (χ1v) is 10.1. The third-order valence-electron chi connectivity index (χ3n) is 4.58. The molecule has 0 saturated carbocycles. The zero-order valence-corrected chi connectivity index (χ0v) is 16.0. The third-order valence-corrected chi connectivity index (χ3v) is 6.23. The Kier molecular flexibility index (Phi) is 5.43. The molecule has 0 bridgehead atoms. The van der Waals surface area contributed by atoms with Crippen molar-refractivity contribution in [3.8, 4) is 0 Å². The summed E-state index contributed by atoms with van der Waals surface area (Å²) in [6.07, 6.45) is 1.27. The minimum Gasteiger partial charge on any atom is -0.360 e. The Labute approximate surface area is 157 Å². The van der Waals surface area contributed by atoms with E-state index in [0.717, 1.165) is 0 Å². The van der Waals surface area contributed by atoms with Gasteiger partial charge in [-0.1, -0.05) is 35.5 Å². The van der Waals surface area contributed by atoms with Crippen LogP contribution in [0.1, 0.15) is 34.7 Å². The molecule has 1 N–H and O–H groups in total. The summed E-state index contributed by atoms with van der Waals surface area (Å²) in [4.78, 5) is 26.7. The van der Waals surface area contributed by atoms with Gasteiger partial charge in [-0.25, -0.2) is 13.1 Å². The van der Waals surface area contributed by atoms with Crippen LogP contribution in [0.15, 0.2) is 39.8 Å². The van der Waals surface area contributed by atoms with Crippen LogP contribution in [0.3, 0.4) is 0 Å². The molecule has 0 radical (unpaired) electrons. The molecular formula is C18H21N3O5S. The predicted octanol–water partition coefficient (Wildman–Crippen LogP) is 1.44. The number of benzene rings is 1. The topological polar surface area (TPSA) is 110 Å². The Morgan fingerprint density at radius 2 is 1.96 bits per heavy atom. The van der Waals surface area contributed by atoms with Crippen molar-refractivity contribution in [1.82, 2.24) is 14.8 Å². The van der Waals surface area contributed by atoms with Crippen molar-refractivity contribution < 1.29 is 22.5 Å². The lowest BCUT2D eigenvalue weighted by molar-refractivity contribution is -0.130. The number of ketones is 1. The number of likely N-dealkylation sites (tertiary alicyclic amines) is 1. The molecule has 1 aromatic carbocycles. The number of nitrogens with zero attached hydrogens (tertiary/aromatic N) is 2. The molecule has 8 nitrogen and oxygen atoms in total. The summed E-state index contributed by atoms with van der Waals surface area (Å²) in [5.74, 6) is -0.405. The number of aryl methyl sites for hydroxylation is 2. The van der Waals surface area contributed by atoms with Gasteiger partial charge in [-0.05, 0) is 26.7 Å². The van der Waals surface area contributed by atoms with E-state index in [-0.39, 0.29) is 22.1 Å². The lowest BCUT2D eigenvalue weighted by Gasteiger charge is -2.24. The highest BCUT2D eigenvalue weighted by atomic mass is 32.2. The van der Waals surface area contributed by atoms with Crippen LogP contribution in [0.4, 0.5) is 0 Å². The summed E-state index contributed by atoms with van der Waals surface area (Å²) in [7, 11) is -3.93. The molecule has 0 spiro atoms. The van der Waals surface area contributed by atoms with Gasteiger partial charge in [-0.15, -0.1) is 0 Å². The van der Waals surface area contributed by atoms with Gasteiger partial charge >= 0.3 is 0 Å². The highest BCUT2D eigenvalue weighted by Crippen LogP contribution is 2.22. The Morgan fingerprint density at radius 3 is 2.59 bits per heavy atom. The van der Waals surface area contributed by atoms with Gasteiger partial charge in [0.1, 0.15) is 10.6 Å². The second kappa shape index (κ2) is 7.61. The second-order valence-electron chi connectivity index (χ2n) is 6.45. The van der Waals surface area contributed by atoms with Gasteiger partial charge in [0.05, 0.1) is 12.6 Å². The third kappa shape index (κ3) is 3.93. The largest absolute Gasteiger partial charge is 0.360 e.